The minimum absolute atomic E-state index is 0.103. The number of carbonyl (C=O) groups is 1. The molecule has 3 atom stereocenters. The number of H-pyrrole nitrogens is 1. The van der Waals surface area contributed by atoms with E-state index in [0.29, 0.717) is 28.8 Å². The highest BCUT2D eigenvalue weighted by molar-refractivity contribution is 6.11. The van der Waals surface area contributed by atoms with E-state index < -0.39 is 0 Å². The molecule has 6 nitrogen and oxygen atoms in total. The summed E-state index contributed by atoms with van der Waals surface area (Å²) in [5.41, 5.74) is 1.06. The molecule has 0 radical (unpaired) electrons. The van der Waals surface area contributed by atoms with Gasteiger partial charge in [-0.05, 0) is 30.7 Å². The Morgan fingerprint density at radius 3 is 3.05 bits per heavy atom. The van der Waals surface area contributed by atoms with E-state index in [1.807, 2.05) is 0 Å². The highest BCUT2D eigenvalue weighted by Crippen LogP contribution is 2.33. The Morgan fingerprint density at radius 2 is 2.36 bits per heavy atom. The summed E-state index contributed by atoms with van der Waals surface area (Å²) < 4.78 is 0. The van der Waals surface area contributed by atoms with Gasteiger partial charge in [0.25, 0.3) is 0 Å². The summed E-state index contributed by atoms with van der Waals surface area (Å²) in [6, 6.07) is 1.96. The van der Waals surface area contributed by atoms with Gasteiger partial charge in [-0.3, -0.25) is 4.79 Å². The van der Waals surface area contributed by atoms with E-state index in [4.69, 9.17) is 0 Å². The van der Waals surface area contributed by atoms with Crippen LogP contribution in [0.3, 0.4) is 0 Å². The van der Waals surface area contributed by atoms with Crippen molar-refractivity contribution in [3.63, 3.8) is 0 Å². The van der Waals surface area contributed by atoms with Crippen LogP contribution in [0.1, 0.15) is 35.7 Å². The lowest BCUT2D eigenvalue weighted by atomic mass is 10.00. The van der Waals surface area contributed by atoms with Crippen molar-refractivity contribution in [2.24, 2.45) is 11.8 Å². The van der Waals surface area contributed by atoms with Gasteiger partial charge in [-0.2, -0.15) is 0 Å². The average Bonchev–Trinajstić information content (AvgIpc) is 3.17. The van der Waals surface area contributed by atoms with Crippen LogP contribution in [0.5, 0.6) is 0 Å². The van der Waals surface area contributed by atoms with Gasteiger partial charge in [0.05, 0.1) is 5.56 Å². The molecule has 22 heavy (non-hydrogen) atoms. The third-order valence-corrected chi connectivity index (χ3v) is 4.44. The number of rotatable bonds is 5. The van der Waals surface area contributed by atoms with Gasteiger partial charge in [0.1, 0.15) is 12.1 Å². The predicted molar refractivity (Wildman–Crippen MR) is 82.6 cm³/mol. The molecule has 0 unspecified atom stereocenters. The van der Waals surface area contributed by atoms with Gasteiger partial charge in [0.2, 0.25) is 0 Å². The van der Waals surface area contributed by atoms with Crippen molar-refractivity contribution in [3.05, 3.63) is 42.1 Å². The van der Waals surface area contributed by atoms with Crippen LogP contribution in [0.2, 0.25) is 0 Å². The van der Waals surface area contributed by atoms with Crippen molar-refractivity contribution in [3.8, 4) is 0 Å². The molecule has 6 heteroatoms. The molecule has 2 aromatic rings. The molecule has 0 bridgehead atoms. The zero-order valence-corrected chi connectivity index (χ0v) is 12.5. The molecule has 1 aliphatic rings. The number of carbonyl (C=O) groups excluding carboxylic acids is 1. The molecule has 1 saturated carbocycles. The van der Waals surface area contributed by atoms with Gasteiger partial charge >= 0.3 is 0 Å². The number of nitrogens with one attached hydrogen (secondary N) is 2. The zero-order valence-electron chi connectivity index (χ0n) is 12.5. The van der Waals surface area contributed by atoms with E-state index in [2.05, 4.69) is 27.2 Å². The van der Waals surface area contributed by atoms with E-state index in [1.54, 1.807) is 24.7 Å². The molecule has 0 aliphatic heterocycles. The van der Waals surface area contributed by atoms with Gasteiger partial charge in [0, 0.05) is 36.8 Å². The van der Waals surface area contributed by atoms with Crippen LogP contribution in [-0.4, -0.2) is 38.5 Å². The summed E-state index contributed by atoms with van der Waals surface area (Å²) in [5.74, 6) is 1.24. The summed E-state index contributed by atoms with van der Waals surface area (Å²) >= 11 is 0. The number of hydrogen-bond acceptors (Lipinski definition) is 5. The number of ketones is 1. The number of hydrogen-bond donors (Lipinski definition) is 3. The Hall–Kier alpha value is -2.21. The summed E-state index contributed by atoms with van der Waals surface area (Å²) in [5, 5.41) is 12.7. The number of aromatic nitrogens is 3. The quantitative estimate of drug-likeness (QED) is 0.733. The highest BCUT2D eigenvalue weighted by atomic mass is 16.3. The van der Waals surface area contributed by atoms with Crippen LogP contribution in [0, 0.1) is 11.8 Å². The van der Waals surface area contributed by atoms with E-state index in [-0.39, 0.29) is 18.4 Å². The minimum atomic E-state index is -0.103. The van der Waals surface area contributed by atoms with Crippen LogP contribution in [0.4, 0.5) is 5.82 Å². The van der Waals surface area contributed by atoms with Crippen molar-refractivity contribution in [2.45, 2.75) is 25.8 Å². The third kappa shape index (κ3) is 2.87. The molecule has 1 aliphatic carbocycles. The number of nitrogens with zero attached hydrogens (tertiary/aromatic N) is 2. The number of aliphatic hydroxyl groups excluding tert-OH is 1. The standard InChI is InChI=1S/C16H20N4O2/c1-10-4-13(5-12(10)8-21)20-16-14(7-18-9-19-16)15(22)11-2-3-17-6-11/h2-3,6-7,9-10,12-13,17,21H,4-5,8H2,1H3,(H,18,19,20)/t10-,12+,13-/m0/s1. The normalized spacial score (nSPS) is 24.4. The van der Waals surface area contributed by atoms with Crippen LogP contribution >= 0.6 is 0 Å². The SMILES string of the molecule is C[C@H]1C[C@H](Nc2ncncc2C(=O)c2cc[nH]c2)C[C@@H]1CO. The van der Waals surface area contributed by atoms with Gasteiger partial charge in [-0.1, -0.05) is 6.92 Å². The van der Waals surface area contributed by atoms with Crippen molar-refractivity contribution in [1.29, 1.82) is 0 Å². The largest absolute Gasteiger partial charge is 0.396 e. The van der Waals surface area contributed by atoms with Crippen molar-refractivity contribution >= 4 is 11.6 Å². The second kappa shape index (κ2) is 6.27. The van der Waals surface area contributed by atoms with Crippen LogP contribution in [-0.2, 0) is 0 Å². The summed E-state index contributed by atoms with van der Waals surface area (Å²) in [6.45, 7) is 2.35. The Balaban J connectivity index is 1.79. The van der Waals surface area contributed by atoms with E-state index in [9.17, 15) is 9.90 Å². The minimum Gasteiger partial charge on any atom is -0.396 e. The Labute approximate surface area is 129 Å². The summed E-state index contributed by atoms with van der Waals surface area (Å²) in [7, 11) is 0. The number of aliphatic hydroxyl groups is 1. The van der Waals surface area contributed by atoms with Gasteiger partial charge in [-0.15, -0.1) is 0 Å². The van der Waals surface area contributed by atoms with Crippen LogP contribution in [0.15, 0.2) is 31.0 Å². The van der Waals surface area contributed by atoms with E-state index in [1.165, 1.54) is 6.33 Å². The van der Waals surface area contributed by atoms with Crippen molar-refractivity contribution in [2.75, 3.05) is 11.9 Å². The average molecular weight is 300 g/mol. The highest BCUT2D eigenvalue weighted by Gasteiger charge is 2.31. The molecule has 1 fully saturated rings. The topological polar surface area (TPSA) is 90.9 Å². The second-order valence-corrected chi connectivity index (χ2v) is 5.95. The van der Waals surface area contributed by atoms with E-state index >= 15 is 0 Å². The van der Waals surface area contributed by atoms with Crippen molar-refractivity contribution in [1.82, 2.24) is 15.0 Å². The molecule has 0 amide bonds. The molecule has 116 valence electrons. The Morgan fingerprint density at radius 1 is 1.50 bits per heavy atom. The molecule has 3 N–H and O–H groups in total. The monoisotopic (exact) mass is 300 g/mol. The first-order valence-corrected chi connectivity index (χ1v) is 7.54. The van der Waals surface area contributed by atoms with Crippen LogP contribution < -0.4 is 5.32 Å². The number of aromatic amines is 1. The van der Waals surface area contributed by atoms with Gasteiger partial charge in [0.15, 0.2) is 5.78 Å². The third-order valence-electron chi connectivity index (χ3n) is 4.44. The smallest absolute Gasteiger partial charge is 0.199 e. The Kier molecular flexibility index (Phi) is 4.20. The van der Waals surface area contributed by atoms with Crippen LogP contribution in [0.25, 0.3) is 0 Å². The van der Waals surface area contributed by atoms with E-state index in [0.717, 1.165) is 12.8 Å². The first-order chi connectivity index (χ1) is 10.7. The molecule has 0 spiro atoms. The maximum absolute atomic E-state index is 12.5. The summed E-state index contributed by atoms with van der Waals surface area (Å²) in [4.78, 5) is 23.6. The Bertz CT molecular complexity index is 641. The fourth-order valence-corrected chi connectivity index (χ4v) is 3.13. The van der Waals surface area contributed by atoms with Gasteiger partial charge in [-0.25, -0.2) is 9.97 Å². The second-order valence-electron chi connectivity index (χ2n) is 5.95. The lowest BCUT2D eigenvalue weighted by Gasteiger charge is -2.15. The van der Waals surface area contributed by atoms with Crippen molar-refractivity contribution < 1.29 is 9.90 Å². The first-order valence-electron chi connectivity index (χ1n) is 7.54. The molecule has 3 rings (SSSR count). The molecule has 2 aromatic heterocycles. The number of anilines is 1. The first kappa shape index (κ1) is 14.7. The zero-order chi connectivity index (χ0) is 15.5. The predicted octanol–water partition coefficient (Wildman–Crippen LogP) is 1.85. The molecule has 0 aromatic carbocycles. The molecule has 2 heterocycles. The maximum atomic E-state index is 12.5. The molecular formula is C16H20N4O2. The lowest BCUT2D eigenvalue weighted by Crippen LogP contribution is -2.19. The summed E-state index contributed by atoms with van der Waals surface area (Å²) in [6.07, 6.45) is 8.23. The fourth-order valence-electron chi connectivity index (χ4n) is 3.13. The lowest BCUT2D eigenvalue weighted by molar-refractivity contribution is 0.103. The molecule has 0 saturated heterocycles. The van der Waals surface area contributed by atoms with Gasteiger partial charge < -0.3 is 15.4 Å². The maximum Gasteiger partial charge on any atom is 0.199 e. The molecular weight excluding hydrogens is 280 g/mol. The fraction of sp³-hybridized carbons (Fsp3) is 0.438.